The molecule has 1 heterocycles. The molecule has 1 saturated heterocycles. The molecular weight excluding hydrogens is 230 g/mol. The lowest BCUT2D eigenvalue weighted by atomic mass is 10.1. The average molecular weight is 249 g/mol. The van der Waals surface area contributed by atoms with Crippen LogP contribution in [0.3, 0.4) is 0 Å². The maximum absolute atomic E-state index is 5.34. The van der Waals surface area contributed by atoms with Crippen molar-refractivity contribution in [1.82, 2.24) is 5.32 Å². The van der Waals surface area contributed by atoms with Gasteiger partial charge in [0.15, 0.2) is 0 Å². The molecule has 3 rings (SSSR count). The number of fused-ring (bicyclic) bond motifs is 3. The van der Waals surface area contributed by atoms with Crippen LogP contribution in [0.4, 0.5) is 0 Å². The molecule has 0 amide bonds. The Bertz CT molecular complexity index is 421. The number of methoxy groups -OCH3 is 1. The van der Waals surface area contributed by atoms with Crippen LogP contribution in [0.2, 0.25) is 0 Å². The average Bonchev–Trinajstić information content (AvgIpc) is 2.60. The Morgan fingerprint density at radius 2 is 2.29 bits per heavy atom. The molecule has 2 aliphatic rings. The molecule has 1 aliphatic carbocycles. The Balaban J connectivity index is 1.91. The van der Waals surface area contributed by atoms with Gasteiger partial charge in [0, 0.05) is 11.3 Å². The molecule has 0 saturated carbocycles. The molecular formula is C14H19NOS. The van der Waals surface area contributed by atoms with Gasteiger partial charge in [-0.3, -0.25) is 0 Å². The van der Waals surface area contributed by atoms with Crippen molar-refractivity contribution in [2.24, 2.45) is 5.92 Å². The zero-order valence-corrected chi connectivity index (χ0v) is 11.2. The third kappa shape index (κ3) is 2.06. The first-order valence-corrected chi connectivity index (χ1v) is 7.34. The van der Waals surface area contributed by atoms with Crippen LogP contribution in [0.25, 0.3) is 0 Å². The molecule has 1 aromatic rings. The zero-order valence-electron chi connectivity index (χ0n) is 10.4. The summed E-state index contributed by atoms with van der Waals surface area (Å²) in [4.78, 5) is 0. The molecule has 1 fully saturated rings. The highest BCUT2D eigenvalue weighted by Crippen LogP contribution is 2.41. The number of ether oxygens (including phenoxy) is 1. The van der Waals surface area contributed by atoms with E-state index in [-0.39, 0.29) is 0 Å². The lowest BCUT2D eigenvalue weighted by Gasteiger charge is -2.18. The van der Waals surface area contributed by atoms with Crippen LogP contribution in [-0.2, 0) is 6.42 Å². The minimum absolute atomic E-state index is 0.523. The lowest BCUT2D eigenvalue weighted by Crippen LogP contribution is -2.27. The van der Waals surface area contributed by atoms with E-state index in [0.717, 1.165) is 18.2 Å². The molecule has 0 radical (unpaired) electrons. The first kappa shape index (κ1) is 11.4. The van der Waals surface area contributed by atoms with Crippen LogP contribution in [0.15, 0.2) is 18.2 Å². The Morgan fingerprint density at radius 1 is 1.41 bits per heavy atom. The van der Waals surface area contributed by atoms with Crippen molar-refractivity contribution in [3.8, 4) is 5.75 Å². The number of nitrogens with one attached hydrogen (secondary N) is 1. The minimum Gasteiger partial charge on any atom is -0.497 e. The Kier molecular flexibility index (Phi) is 3.05. The summed E-state index contributed by atoms with van der Waals surface area (Å²) in [5.41, 5.74) is 2.95. The van der Waals surface area contributed by atoms with E-state index in [9.17, 15) is 0 Å². The van der Waals surface area contributed by atoms with Gasteiger partial charge >= 0.3 is 0 Å². The van der Waals surface area contributed by atoms with Crippen LogP contribution in [0.1, 0.15) is 24.1 Å². The Labute approximate surface area is 107 Å². The van der Waals surface area contributed by atoms with Crippen LogP contribution in [0.5, 0.6) is 5.75 Å². The van der Waals surface area contributed by atoms with E-state index >= 15 is 0 Å². The van der Waals surface area contributed by atoms with Gasteiger partial charge in [0.2, 0.25) is 0 Å². The maximum atomic E-state index is 5.34. The summed E-state index contributed by atoms with van der Waals surface area (Å²) in [5.74, 6) is 3.03. The minimum atomic E-state index is 0.523. The highest BCUT2D eigenvalue weighted by molar-refractivity contribution is 8.00. The number of hydrogen-bond acceptors (Lipinski definition) is 3. The van der Waals surface area contributed by atoms with Gasteiger partial charge < -0.3 is 10.1 Å². The summed E-state index contributed by atoms with van der Waals surface area (Å²) in [6, 6.07) is 7.05. The predicted octanol–water partition coefficient (Wildman–Crippen LogP) is 2.63. The molecule has 2 nitrogen and oxygen atoms in total. The van der Waals surface area contributed by atoms with Crippen LogP contribution < -0.4 is 10.1 Å². The summed E-state index contributed by atoms with van der Waals surface area (Å²) in [6.45, 7) is 3.46. The van der Waals surface area contributed by atoms with Crippen molar-refractivity contribution in [3.63, 3.8) is 0 Å². The lowest BCUT2D eigenvalue weighted by molar-refractivity contribution is 0.413. The molecule has 3 heteroatoms. The van der Waals surface area contributed by atoms with E-state index in [4.69, 9.17) is 4.74 Å². The van der Waals surface area contributed by atoms with E-state index in [2.05, 4.69) is 42.2 Å². The third-order valence-corrected chi connectivity index (χ3v) is 5.39. The number of benzene rings is 1. The van der Waals surface area contributed by atoms with Crippen molar-refractivity contribution in [2.45, 2.75) is 24.6 Å². The Hall–Kier alpha value is -0.670. The van der Waals surface area contributed by atoms with Gasteiger partial charge in [-0.2, -0.15) is 11.8 Å². The second-order valence-corrected chi connectivity index (χ2v) is 6.40. The predicted molar refractivity (Wildman–Crippen MR) is 72.9 cm³/mol. The molecule has 92 valence electrons. The second-order valence-electron chi connectivity index (χ2n) is 5.13. The van der Waals surface area contributed by atoms with Gasteiger partial charge in [-0.1, -0.05) is 13.0 Å². The molecule has 3 unspecified atom stereocenters. The van der Waals surface area contributed by atoms with Crippen molar-refractivity contribution < 1.29 is 4.74 Å². The largest absolute Gasteiger partial charge is 0.497 e. The van der Waals surface area contributed by atoms with E-state index in [1.165, 1.54) is 23.3 Å². The topological polar surface area (TPSA) is 21.3 Å². The zero-order chi connectivity index (χ0) is 11.8. The fourth-order valence-corrected chi connectivity index (χ4v) is 4.21. The van der Waals surface area contributed by atoms with Crippen molar-refractivity contribution in [3.05, 3.63) is 29.3 Å². The monoisotopic (exact) mass is 249 g/mol. The normalized spacial score (nSPS) is 31.5. The van der Waals surface area contributed by atoms with Gasteiger partial charge in [-0.05, 0) is 47.9 Å². The van der Waals surface area contributed by atoms with Crippen molar-refractivity contribution in [1.29, 1.82) is 0 Å². The van der Waals surface area contributed by atoms with Crippen molar-refractivity contribution in [2.75, 3.05) is 19.4 Å². The first-order chi connectivity index (χ1) is 8.28. The number of rotatable bonds is 1. The van der Waals surface area contributed by atoms with Crippen LogP contribution >= 0.6 is 11.8 Å². The smallest absolute Gasteiger partial charge is 0.119 e. The molecule has 3 atom stereocenters. The summed E-state index contributed by atoms with van der Waals surface area (Å²) < 4.78 is 5.34. The van der Waals surface area contributed by atoms with E-state index < -0.39 is 0 Å². The molecule has 1 aromatic carbocycles. The summed E-state index contributed by atoms with van der Waals surface area (Å²) >= 11 is 2.13. The van der Waals surface area contributed by atoms with E-state index in [1.807, 2.05) is 0 Å². The maximum Gasteiger partial charge on any atom is 0.119 e. The third-order valence-electron chi connectivity index (χ3n) is 3.76. The quantitative estimate of drug-likeness (QED) is 0.826. The highest BCUT2D eigenvalue weighted by atomic mass is 32.2. The molecule has 1 N–H and O–H groups in total. The van der Waals surface area contributed by atoms with Gasteiger partial charge in [0.05, 0.1) is 7.11 Å². The van der Waals surface area contributed by atoms with Crippen molar-refractivity contribution >= 4 is 11.8 Å². The van der Waals surface area contributed by atoms with Crippen LogP contribution in [-0.4, -0.2) is 24.7 Å². The summed E-state index contributed by atoms with van der Waals surface area (Å²) in [6.07, 6.45) is 1.20. The van der Waals surface area contributed by atoms with E-state index in [0.29, 0.717) is 11.3 Å². The van der Waals surface area contributed by atoms with Gasteiger partial charge in [-0.25, -0.2) is 0 Å². The number of thioether (sulfide) groups is 1. The Morgan fingerprint density at radius 3 is 3.12 bits per heavy atom. The van der Waals surface area contributed by atoms with Gasteiger partial charge in [0.25, 0.3) is 0 Å². The fraction of sp³-hybridized carbons (Fsp3) is 0.571. The standard InChI is InChI=1S/C14H19NOS/c1-9-7-15-14-12-6-11(16-2)4-3-10(12)5-13(14)17-8-9/h3-4,6,9,13-15H,5,7-8H2,1-2H3. The molecule has 0 spiro atoms. The SMILES string of the molecule is COc1ccc2c(c1)C1NCC(C)CSC1C2. The summed E-state index contributed by atoms with van der Waals surface area (Å²) in [7, 11) is 1.74. The van der Waals surface area contributed by atoms with Crippen LogP contribution in [0, 0.1) is 5.92 Å². The molecule has 0 bridgehead atoms. The first-order valence-electron chi connectivity index (χ1n) is 6.29. The number of hydrogen-bond donors (Lipinski definition) is 1. The summed E-state index contributed by atoms with van der Waals surface area (Å²) in [5, 5.41) is 4.43. The molecule has 1 aliphatic heterocycles. The molecule has 0 aromatic heterocycles. The molecule has 17 heavy (non-hydrogen) atoms. The second kappa shape index (κ2) is 4.54. The fourth-order valence-electron chi connectivity index (χ4n) is 2.78. The van der Waals surface area contributed by atoms with E-state index in [1.54, 1.807) is 7.11 Å². The van der Waals surface area contributed by atoms with Gasteiger partial charge in [-0.15, -0.1) is 0 Å². The highest BCUT2D eigenvalue weighted by Gasteiger charge is 2.34. The van der Waals surface area contributed by atoms with Gasteiger partial charge in [0.1, 0.15) is 5.75 Å².